The van der Waals surface area contributed by atoms with Gasteiger partial charge in [-0.05, 0) is 37.6 Å². The number of nitrogens with one attached hydrogen (secondary N) is 1. The number of nitrogens with zero attached hydrogens (tertiary/aromatic N) is 1. The summed E-state index contributed by atoms with van der Waals surface area (Å²) in [7, 11) is 4.14. The Morgan fingerprint density at radius 1 is 1.28 bits per heavy atom. The van der Waals surface area contributed by atoms with Crippen LogP contribution < -0.4 is 10.2 Å². The molecule has 1 fully saturated rings. The number of hydrogen-bond acceptors (Lipinski definition) is 2. The highest BCUT2D eigenvalue weighted by Crippen LogP contribution is 2.29. The second-order valence-electron chi connectivity index (χ2n) is 5.21. The SMILES string of the molecule is CNCc1ccc(N(C)C2CCCCC2)cc1Cl. The van der Waals surface area contributed by atoms with Gasteiger partial charge in [0.1, 0.15) is 0 Å². The lowest BCUT2D eigenvalue weighted by molar-refractivity contribution is 0.427. The van der Waals surface area contributed by atoms with Crippen LogP contribution in [0.25, 0.3) is 0 Å². The Kier molecular flexibility index (Phi) is 4.90. The smallest absolute Gasteiger partial charge is 0.0471 e. The number of benzene rings is 1. The lowest BCUT2D eigenvalue weighted by atomic mass is 9.94. The Morgan fingerprint density at radius 2 is 2.00 bits per heavy atom. The topological polar surface area (TPSA) is 15.3 Å². The van der Waals surface area contributed by atoms with Gasteiger partial charge in [-0.15, -0.1) is 0 Å². The van der Waals surface area contributed by atoms with Crippen LogP contribution in [0.1, 0.15) is 37.7 Å². The first kappa shape index (κ1) is 13.7. The first-order chi connectivity index (χ1) is 8.72. The maximum absolute atomic E-state index is 6.32. The number of halogens is 1. The van der Waals surface area contributed by atoms with Gasteiger partial charge >= 0.3 is 0 Å². The lowest BCUT2D eigenvalue weighted by Gasteiger charge is -2.33. The molecule has 100 valence electrons. The Hall–Kier alpha value is -0.730. The maximum atomic E-state index is 6.32. The standard InChI is InChI=1S/C15H23ClN2/c1-17-11-12-8-9-14(10-15(12)16)18(2)13-6-4-3-5-7-13/h8-10,13,17H,3-7,11H2,1-2H3. The van der Waals surface area contributed by atoms with E-state index >= 15 is 0 Å². The summed E-state index contributed by atoms with van der Waals surface area (Å²) in [6, 6.07) is 7.11. The predicted molar refractivity (Wildman–Crippen MR) is 79.5 cm³/mol. The minimum atomic E-state index is 0.685. The van der Waals surface area contributed by atoms with Crippen molar-refractivity contribution in [2.75, 3.05) is 19.0 Å². The molecule has 1 saturated carbocycles. The van der Waals surface area contributed by atoms with Crippen molar-refractivity contribution in [1.82, 2.24) is 5.32 Å². The van der Waals surface area contributed by atoms with Crippen LogP contribution >= 0.6 is 11.6 Å². The van der Waals surface area contributed by atoms with Gasteiger partial charge in [0.05, 0.1) is 0 Å². The van der Waals surface area contributed by atoms with E-state index in [9.17, 15) is 0 Å². The molecule has 0 aliphatic heterocycles. The van der Waals surface area contributed by atoms with Gasteiger partial charge in [0, 0.05) is 30.3 Å². The minimum absolute atomic E-state index is 0.685. The first-order valence-electron chi connectivity index (χ1n) is 6.88. The molecule has 0 unspecified atom stereocenters. The van der Waals surface area contributed by atoms with Crippen LogP contribution in [0.3, 0.4) is 0 Å². The van der Waals surface area contributed by atoms with Crippen LogP contribution in [0.5, 0.6) is 0 Å². The molecule has 0 aromatic heterocycles. The maximum Gasteiger partial charge on any atom is 0.0471 e. The van der Waals surface area contributed by atoms with Crippen molar-refractivity contribution >= 4 is 17.3 Å². The quantitative estimate of drug-likeness (QED) is 0.891. The van der Waals surface area contributed by atoms with E-state index < -0.39 is 0 Å². The van der Waals surface area contributed by atoms with E-state index in [2.05, 4.69) is 35.5 Å². The van der Waals surface area contributed by atoms with E-state index in [0.29, 0.717) is 6.04 Å². The summed E-state index contributed by atoms with van der Waals surface area (Å²) in [5.41, 5.74) is 2.41. The average Bonchev–Trinajstić information content (AvgIpc) is 2.41. The summed E-state index contributed by atoms with van der Waals surface area (Å²) in [6.45, 7) is 0.826. The Balaban J connectivity index is 2.10. The molecule has 1 aromatic carbocycles. The zero-order valence-electron chi connectivity index (χ0n) is 11.4. The molecule has 18 heavy (non-hydrogen) atoms. The van der Waals surface area contributed by atoms with Gasteiger partial charge in [0.25, 0.3) is 0 Å². The zero-order chi connectivity index (χ0) is 13.0. The third-order valence-electron chi connectivity index (χ3n) is 3.93. The molecule has 0 atom stereocenters. The summed E-state index contributed by atoms with van der Waals surface area (Å²) < 4.78 is 0. The van der Waals surface area contributed by atoms with Crippen molar-refractivity contribution < 1.29 is 0 Å². The Bertz CT molecular complexity index is 386. The van der Waals surface area contributed by atoms with E-state index in [0.717, 1.165) is 11.6 Å². The summed E-state index contributed by atoms with van der Waals surface area (Å²) in [6.07, 6.45) is 6.74. The van der Waals surface area contributed by atoms with E-state index in [1.807, 2.05) is 7.05 Å². The van der Waals surface area contributed by atoms with Crippen LogP contribution in [0.4, 0.5) is 5.69 Å². The summed E-state index contributed by atoms with van der Waals surface area (Å²) in [5.74, 6) is 0. The molecule has 1 aliphatic rings. The van der Waals surface area contributed by atoms with Gasteiger partial charge in [-0.1, -0.05) is 36.9 Å². The second kappa shape index (κ2) is 6.44. The highest BCUT2D eigenvalue weighted by Gasteiger charge is 2.18. The minimum Gasteiger partial charge on any atom is -0.372 e. The summed E-state index contributed by atoms with van der Waals surface area (Å²) in [5, 5.41) is 4.00. The molecule has 0 radical (unpaired) electrons. The van der Waals surface area contributed by atoms with Crippen LogP contribution in [0, 0.1) is 0 Å². The van der Waals surface area contributed by atoms with E-state index in [1.165, 1.54) is 43.4 Å². The van der Waals surface area contributed by atoms with Crippen LogP contribution in [0.2, 0.25) is 5.02 Å². The molecule has 2 rings (SSSR count). The van der Waals surface area contributed by atoms with Gasteiger partial charge in [-0.2, -0.15) is 0 Å². The fraction of sp³-hybridized carbons (Fsp3) is 0.600. The van der Waals surface area contributed by atoms with Crippen molar-refractivity contribution in [1.29, 1.82) is 0 Å². The Morgan fingerprint density at radius 3 is 2.61 bits per heavy atom. The third-order valence-corrected chi connectivity index (χ3v) is 4.29. The fourth-order valence-electron chi connectivity index (χ4n) is 2.77. The highest BCUT2D eigenvalue weighted by molar-refractivity contribution is 6.31. The van der Waals surface area contributed by atoms with E-state index in [-0.39, 0.29) is 0 Å². The number of hydrogen-bond donors (Lipinski definition) is 1. The molecular formula is C15H23ClN2. The fourth-order valence-corrected chi connectivity index (χ4v) is 3.01. The third kappa shape index (κ3) is 3.18. The van der Waals surface area contributed by atoms with E-state index in [1.54, 1.807) is 0 Å². The molecule has 0 bridgehead atoms. The predicted octanol–water partition coefficient (Wildman–Crippen LogP) is 3.83. The van der Waals surface area contributed by atoms with Crippen molar-refractivity contribution in [3.63, 3.8) is 0 Å². The van der Waals surface area contributed by atoms with E-state index in [4.69, 9.17) is 11.6 Å². The number of anilines is 1. The van der Waals surface area contributed by atoms with Crippen molar-refractivity contribution in [2.24, 2.45) is 0 Å². The molecule has 1 aliphatic carbocycles. The van der Waals surface area contributed by atoms with Gasteiger partial charge in [0.2, 0.25) is 0 Å². The Labute approximate surface area is 115 Å². The summed E-state index contributed by atoms with van der Waals surface area (Å²) >= 11 is 6.32. The van der Waals surface area contributed by atoms with Crippen molar-refractivity contribution in [3.05, 3.63) is 28.8 Å². The molecule has 1 N–H and O–H groups in total. The molecule has 0 amide bonds. The average molecular weight is 267 g/mol. The van der Waals surface area contributed by atoms with Gasteiger partial charge in [0.15, 0.2) is 0 Å². The molecule has 3 heteroatoms. The molecule has 0 spiro atoms. The largest absolute Gasteiger partial charge is 0.372 e. The van der Waals surface area contributed by atoms with Crippen molar-refractivity contribution in [3.8, 4) is 0 Å². The monoisotopic (exact) mass is 266 g/mol. The van der Waals surface area contributed by atoms with Gasteiger partial charge in [-0.3, -0.25) is 0 Å². The lowest BCUT2D eigenvalue weighted by Crippen LogP contribution is -2.33. The molecule has 0 saturated heterocycles. The molecule has 0 heterocycles. The van der Waals surface area contributed by atoms with Gasteiger partial charge < -0.3 is 10.2 Å². The second-order valence-corrected chi connectivity index (χ2v) is 5.62. The zero-order valence-corrected chi connectivity index (χ0v) is 12.1. The number of rotatable bonds is 4. The highest BCUT2D eigenvalue weighted by atomic mass is 35.5. The molecular weight excluding hydrogens is 244 g/mol. The molecule has 1 aromatic rings. The summed E-state index contributed by atoms with van der Waals surface area (Å²) in [4.78, 5) is 2.40. The molecule has 2 nitrogen and oxygen atoms in total. The van der Waals surface area contributed by atoms with Crippen LogP contribution in [-0.4, -0.2) is 20.1 Å². The van der Waals surface area contributed by atoms with Gasteiger partial charge in [-0.25, -0.2) is 0 Å². The van der Waals surface area contributed by atoms with Crippen LogP contribution in [0.15, 0.2) is 18.2 Å². The normalized spacial score (nSPS) is 16.8. The first-order valence-corrected chi connectivity index (χ1v) is 7.26. The van der Waals surface area contributed by atoms with Crippen LogP contribution in [-0.2, 0) is 6.54 Å². The van der Waals surface area contributed by atoms with Crippen molar-refractivity contribution in [2.45, 2.75) is 44.7 Å².